The molecule has 1 heterocycles. The molecule has 1 aliphatic rings. The van der Waals surface area contributed by atoms with Gasteiger partial charge >= 0.3 is 6.18 Å². The van der Waals surface area contributed by atoms with Crippen molar-refractivity contribution < 1.29 is 27.4 Å². The lowest BCUT2D eigenvalue weighted by Crippen LogP contribution is -2.36. The third-order valence-electron chi connectivity index (χ3n) is 4.14. The number of hydrogen-bond acceptors (Lipinski definition) is 4. The van der Waals surface area contributed by atoms with Gasteiger partial charge in [-0.05, 0) is 28.8 Å². The Bertz CT molecular complexity index is 839. The van der Waals surface area contributed by atoms with E-state index in [-0.39, 0.29) is 13.4 Å². The standard InChI is InChI=1S/C20H22F3N3O3/c1-24-19(26-10-16-6-7-17-18(8-16)29-13-28-17)25-9-14-2-4-15(5-3-14)11-27-12-20(21,22)23/h2-8H,9-13H2,1H3,(H2,24,25,26). The van der Waals surface area contributed by atoms with Crippen LogP contribution in [0, 0.1) is 0 Å². The third-order valence-corrected chi connectivity index (χ3v) is 4.14. The number of nitrogens with zero attached hydrogens (tertiary/aromatic N) is 1. The van der Waals surface area contributed by atoms with Gasteiger partial charge in [-0.3, -0.25) is 4.99 Å². The maximum atomic E-state index is 12.1. The second-order valence-corrected chi connectivity index (χ2v) is 6.39. The Labute approximate surface area is 166 Å². The van der Waals surface area contributed by atoms with Crippen LogP contribution < -0.4 is 20.1 Å². The molecule has 1 aliphatic heterocycles. The molecule has 0 unspecified atom stereocenters. The van der Waals surface area contributed by atoms with E-state index in [9.17, 15) is 13.2 Å². The number of alkyl halides is 3. The van der Waals surface area contributed by atoms with E-state index in [0.29, 0.717) is 24.6 Å². The average Bonchev–Trinajstić information content (AvgIpc) is 3.16. The summed E-state index contributed by atoms with van der Waals surface area (Å²) in [5.41, 5.74) is 2.68. The van der Waals surface area contributed by atoms with Gasteiger partial charge in [0.15, 0.2) is 17.5 Å². The lowest BCUT2D eigenvalue weighted by atomic mass is 10.1. The first kappa shape index (κ1) is 20.8. The molecule has 0 saturated heterocycles. The van der Waals surface area contributed by atoms with Gasteiger partial charge in [0.25, 0.3) is 0 Å². The van der Waals surface area contributed by atoms with E-state index in [2.05, 4.69) is 20.4 Å². The summed E-state index contributed by atoms with van der Waals surface area (Å²) in [7, 11) is 1.68. The van der Waals surface area contributed by atoms with Gasteiger partial charge in [0.05, 0.1) is 6.61 Å². The molecule has 29 heavy (non-hydrogen) atoms. The Morgan fingerprint density at radius 1 is 0.966 bits per heavy atom. The molecule has 3 rings (SSSR count). The summed E-state index contributed by atoms with van der Waals surface area (Å²) in [6.45, 7) is -0.00732. The van der Waals surface area contributed by atoms with Crippen molar-refractivity contribution in [2.45, 2.75) is 25.9 Å². The number of hydrogen-bond donors (Lipinski definition) is 2. The summed E-state index contributed by atoms with van der Waals surface area (Å²) in [5.74, 6) is 2.09. The lowest BCUT2D eigenvalue weighted by molar-refractivity contribution is -0.176. The molecular formula is C20H22F3N3O3. The Kier molecular flexibility index (Phi) is 6.82. The summed E-state index contributed by atoms with van der Waals surface area (Å²) in [4.78, 5) is 4.18. The molecule has 2 N–H and O–H groups in total. The zero-order chi connectivity index (χ0) is 20.7. The van der Waals surface area contributed by atoms with Gasteiger partial charge < -0.3 is 24.8 Å². The lowest BCUT2D eigenvalue weighted by Gasteiger charge is -2.13. The maximum Gasteiger partial charge on any atom is 0.411 e. The first-order chi connectivity index (χ1) is 13.9. The molecule has 0 aromatic heterocycles. The van der Waals surface area contributed by atoms with Gasteiger partial charge in [0, 0.05) is 20.1 Å². The van der Waals surface area contributed by atoms with Gasteiger partial charge in [-0.25, -0.2) is 0 Å². The monoisotopic (exact) mass is 409 g/mol. The smallest absolute Gasteiger partial charge is 0.411 e. The normalized spacial score (nSPS) is 13.4. The Morgan fingerprint density at radius 2 is 1.59 bits per heavy atom. The molecule has 0 aliphatic carbocycles. The summed E-state index contributed by atoms with van der Waals surface area (Å²) in [6.07, 6.45) is -4.31. The van der Waals surface area contributed by atoms with Crippen molar-refractivity contribution in [2.24, 2.45) is 4.99 Å². The molecule has 2 aromatic rings. The molecule has 0 amide bonds. The van der Waals surface area contributed by atoms with Crippen LogP contribution in [0.25, 0.3) is 0 Å². The largest absolute Gasteiger partial charge is 0.454 e. The molecule has 0 fully saturated rings. The second-order valence-electron chi connectivity index (χ2n) is 6.39. The molecule has 0 spiro atoms. The van der Waals surface area contributed by atoms with Gasteiger partial charge in [0.2, 0.25) is 6.79 Å². The predicted molar refractivity (Wildman–Crippen MR) is 102 cm³/mol. The Morgan fingerprint density at radius 3 is 2.28 bits per heavy atom. The predicted octanol–water partition coefficient (Wildman–Crippen LogP) is 3.36. The number of guanidine groups is 1. The van der Waals surface area contributed by atoms with Crippen LogP contribution in [0.5, 0.6) is 11.5 Å². The van der Waals surface area contributed by atoms with E-state index in [1.165, 1.54) is 0 Å². The highest BCUT2D eigenvalue weighted by atomic mass is 19.4. The van der Waals surface area contributed by atoms with Crippen molar-refractivity contribution in [2.75, 3.05) is 20.4 Å². The van der Waals surface area contributed by atoms with Crippen LogP contribution >= 0.6 is 0 Å². The number of rotatable bonds is 7. The van der Waals surface area contributed by atoms with E-state index in [0.717, 1.165) is 22.6 Å². The van der Waals surface area contributed by atoms with Crippen LogP contribution in [0.4, 0.5) is 13.2 Å². The highest BCUT2D eigenvalue weighted by molar-refractivity contribution is 5.79. The maximum absolute atomic E-state index is 12.1. The summed E-state index contributed by atoms with van der Waals surface area (Å²) < 4.78 is 51.6. The van der Waals surface area contributed by atoms with Crippen molar-refractivity contribution in [3.63, 3.8) is 0 Å². The number of aliphatic imine (C=N–C) groups is 1. The minimum atomic E-state index is -4.31. The van der Waals surface area contributed by atoms with Crippen molar-refractivity contribution in [3.05, 3.63) is 59.2 Å². The SMILES string of the molecule is CN=C(NCc1ccc(COCC(F)(F)F)cc1)NCc1ccc2c(c1)OCO2. The summed E-state index contributed by atoms with van der Waals surface area (Å²) in [6, 6.07) is 12.9. The Hall–Kier alpha value is -2.94. The molecule has 0 saturated carbocycles. The molecule has 0 atom stereocenters. The van der Waals surface area contributed by atoms with Crippen LogP contribution in [0.3, 0.4) is 0 Å². The molecule has 6 nitrogen and oxygen atoms in total. The summed E-state index contributed by atoms with van der Waals surface area (Å²) in [5, 5.41) is 6.41. The molecule has 0 radical (unpaired) electrons. The van der Waals surface area contributed by atoms with Gasteiger partial charge in [-0.15, -0.1) is 0 Å². The van der Waals surface area contributed by atoms with Crippen LogP contribution in [-0.2, 0) is 24.4 Å². The molecule has 2 aromatic carbocycles. The van der Waals surface area contributed by atoms with Crippen molar-refractivity contribution >= 4 is 5.96 Å². The number of ether oxygens (including phenoxy) is 3. The van der Waals surface area contributed by atoms with E-state index in [1.807, 2.05) is 30.3 Å². The van der Waals surface area contributed by atoms with Gasteiger partial charge in [-0.2, -0.15) is 13.2 Å². The topological polar surface area (TPSA) is 64.1 Å². The minimum Gasteiger partial charge on any atom is -0.454 e. The van der Waals surface area contributed by atoms with Crippen molar-refractivity contribution in [3.8, 4) is 11.5 Å². The van der Waals surface area contributed by atoms with E-state index in [1.54, 1.807) is 19.2 Å². The molecular weight excluding hydrogens is 387 g/mol. The highest BCUT2D eigenvalue weighted by Crippen LogP contribution is 2.32. The molecule has 156 valence electrons. The van der Waals surface area contributed by atoms with Gasteiger partial charge in [-0.1, -0.05) is 30.3 Å². The third kappa shape index (κ3) is 6.56. The average molecular weight is 409 g/mol. The van der Waals surface area contributed by atoms with Gasteiger partial charge in [0.1, 0.15) is 6.61 Å². The fourth-order valence-corrected chi connectivity index (χ4v) is 2.68. The van der Waals surface area contributed by atoms with Crippen LogP contribution in [0.1, 0.15) is 16.7 Å². The zero-order valence-corrected chi connectivity index (χ0v) is 15.9. The fourth-order valence-electron chi connectivity index (χ4n) is 2.68. The number of fused-ring (bicyclic) bond motifs is 1. The summed E-state index contributed by atoms with van der Waals surface area (Å²) >= 11 is 0. The first-order valence-electron chi connectivity index (χ1n) is 8.98. The zero-order valence-electron chi connectivity index (χ0n) is 15.9. The first-order valence-corrected chi connectivity index (χ1v) is 8.98. The van der Waals surface area contributed by atoms with Crippen LogP contribution in [0.2, 0.25) is 0 Å². The van der Waals surface area contributed by atoms with Crippen LogP contribution in [-0.4, -0.2) is 32.6 Å². The van der Waals surface area contributed by atoms with E-state index in [4.69, 9.17) is 9.47 Å². The quantitative estimate of drug-likeness (QED) is 0.542. The second kappa shape index (κ2) is 9.51. The van der Waals surface area contributed by atoms with Crippen LogP contribution in [0.15, 0.2) is 47.5 Å². The fraction of sp³-hybridized carbons (Fsp3) is 0.350. The number of benzene rings is 2. The van der Waals surface area contributed by atoms with E-state index < -0.39 is 12.8 Å². The number of halogens is 3. The highest BCUT2D eigenvalue weighted by Gasteiger charge is 2.27. The van der Waals surface area contributed by atoms with E-state index >= 15 is 0 Å². The minimum absolute atomic E-state index is 0.0774. The van der Waals surface area contributed by atoms with Crippen molar-refractivity contribution in [1.29, 1.82) is 0 Å². The van der Waals surface area contributed by atoms with Crippen molar-refractivity contribution in [1.82, 2.24) is 10.6 Å². The Balaban J connectivity index is 1.43. The molecule has 0 bridgehead atoms. The molecule has 9 heteroatoms. The number of nitrogens with one attached hydrogen (secondary N) is 2.